The lowest BCUT2D eigenvalue weighted by atomic mass is 10.2. The second-order valence-corrected chi connectivity index (χ2v) is 4.48. The highest BCUT2D eigenvalue weighted by Crippen LogP contribution is 2.19. The van der Waals surface area contributed by atoms with Crippen molar-refractivity contribution in [2.24, 2.45) is 12.1 Å². The minimum atomic E-state index is 0.845. The van der Waals surface area contributed by atoms with Gasteiger partial charge in [-0.1, -0.05) is 18.2 Å². The largest absolute Gasteiger partial charge is 0.265 e. The van der Waals surface area contributed by atoms with E-state index in [1.165, 1.54) is 5.56 Å². The molecule has 0 aliphatic carbocycles. The topological polar surface area (TPSA) is 19.5 Å². The Morgan fingerprint density at radius 1 is 1.16 bits per heavy atom. The van der Waals surface area contributed by atoms with Crippen molar-refractivity contribution in [2.75, 3.05) is 11.6 Å². The summed E-state index contributed by atoms with van der Waals surface area (Å²) in [6.07, 6.45) is 3.92. The molecule has 0 unspecified atom stereocenters. The van der Waals surface area contributed by atoms with Gasteiger partial charge in [0.05, 0.1) is 5.69 Å². The van der Waals surface area contributed by atoms with Gasteiger partial charge in [-0.2, -0.15) is 5.10 Å². The van der Waals surface area contributed by atoms with E-state index in [1.807, 2.05) is 48.7 Å². The van der Waals surface area contributed by atoms with Crippen molar-refractivity contribution < 1.29 is 4.57 Å². The highest BCUT2D eigenvalue weighted by atomic mass is 15.4. The molecular weight excluding hydrogens is 234 g/mol. The molecule has 1 aromatic heterocycles. The monoisotopic (exact) mass is 254 g/mol. The summed E-state index contributed by atoms with van der Waals surface area (Å²) in [5.41, 5.74) is 3.47. The number of pyridine rings is 1. The molecule has 0 saturated heterocycles. The van der Waals surface area contributed by atoms with E-state index in [4.69, 9.17) is 0 Å². The number of hydrogen-bond acceptors (Lipinski definition) is 2. The zero-order chi connectivity index (χ0) is 13.7. The Bertz CT molecular complexity index is 576. The van der Waals surface area contributed by atoms with Gasteiger partial charge in [-0.05, 0) is 31.5 Å². The molecule has 0 bridgehead atoms. The van der Waals surface area contributed by atoms with Crippen LogP contribution in [0.5, 0.6) is 0 Å². The Kier molecular flexibility index (Phi) is 4.29. The lowest BCUT2D eigenvalue weighted by Gasteiger charge is -2.18. The van der Waals surface area contributed by atoms with Crippen LogP contribution in [0.2, 0.25) is 0 Å². The third-order valence-electron chi connectivity index (χ3n) is 3.12. The molecule has 2 rings (SSSR count). The molecule has 0 N–H and O–H groups in total. The molecule has 2 aromatic rings. The van der Waals surface area contributed by atoms with Crippen molar-refractivity contribution in [2.45, 2.75) is 13.8 Å². The summed E-state index contributed by atoms with van der Waals surface area (Å²) in [5, 5.41) is 6.61. The van der Waals surface area contributed by atoms with E-state index >= 15 is 0 Å². The summed E-state index contributed by atoms with van der Waals surface area (Å²) in [7, 11) is 2.02. The molecule has 0 fully saturated rings. The van der Waals surface area contributed by atoms with Gasteiger partial charge in [-0.15, -0.1) is 0 Å². The third-order valence-corrected chi connectivity index (χ3v) is 3.12. The van der Waals surface area contributed by atoms with E-state index in [1.54, 1.807) is 0 Å². The summed E-state index contributed by atoms with van der Waals surface area (Å²) in [6, 6.07) is 14.4. The van der Waals surface area contributed by atoms with Gasteiger partial charge in [0.25, 0.3) is 0 Å². The first-order chi connectivity index (χ1) is 9.22. The summed E-state index contributed by atoms with van der Waals surface area (Å²) in [4.78, 5) is 0. The highest BCUT2D eigenvalue weighted by molar-refractivity contribution is 5.76. The smallest absolute Gasteiger partial charge is 0.225 e. The molecule has 0 spiro atoms. The van der Waals surface area contributed by atoms with E-state index in [9.17, 15) is 0 Å². The number of nitrogens with zero attached hydrogens (tertiary/aromatic N) is 3. The van der Waals surface area contributed by atoms with E-state index in [2.05, 4.69) is 41.7 Å². The average Bonchev–Trinajstić information content (AvgIpc) is 2.43. The van der Waals surface area contributed by atoms with Crippen LogP contribution in [0.15, 0.2) is 53.8 Å². The molecule has 1 aromatic carbocycles. The second kappa shape index (κ2) is 6.14. The van der Waals surface area contributed by atoms with Crippen LogP contribution in [0.1, 0.15) is 18.2 Å². The SMILES string of the molecule is CCN(N=Cc1cccc[n+]1C)c1ccccc1C. The number of hydrazone groups is 1. The number of aryl methyl sites for hydroxylation is 2. The number of hydrogen-bond donors (Lipinski definition) is 0. The van der Waals surface area contributed by atoms with Gasteiger partial charge in [0.2, 0.25) is 5.69 Å². The molecule has 3 heteroatoms. The van der Waals surface area contributed by atoms with E-state index in [0.717, 1.165) is 17.9 Å². The second-order valence-electron chi connectivity index (χ2n) is 4.48. The maximum atomic E-state index is 4.59. The zero-order valence-electron chi connectivity index (χ0n) is 11.7. The standard InChI is InChI=1S/C16H20N3/c1-4-19(16-11-6-5-9-14(16)2)17-13-15-10-7-8-12-18(15)3/h5-13H,4H2,1-3H3/q+1. The van der Waals surface area contributed by atoms with Crippen LogP contribution >= 0.6 is 0 Å². The molecule has 0 aliphatic heterocycles. The first kappa shape index (κ1) is 13.3. The van der Waals surface area contributed by atoms with Crippen LogP contribution in [0.3, 0.4) is 0 Å². The maximum Gasteiger partial charge on any atom is 0.225 e. The fourth-order valence-corrected chi connectivity index (χ4v) is 1.97. The highest BCUT2D eigenvalue weighted by Gasteiger charge is 2.06. The van der Waals surface area contributed by atoms with Gasteiger partial charge >= 0.3 is 0 Å². The van der Waals surface area contributed by atoms with Gasteiger partial charge in [-0.3, -0.25) is 5.01 Å². The van der Waals surface area contributed by atoms with Crippen molar-refractivity contribution in [1.29, 1.82) is 0 Å². The average molecular weight is 254 g/mol. The number of aromatic nitrogens is 1. The lowest BCUT2D eigenvalue weighted by Crippen LogP contribution is -2.33. The van der Waals surface area contributed by atoms with Gasteiger partial charge in [0.1, 0.15) is 13.3 Å². The van der Waals surface area contributed by atoms with Crippen molar-refractivity contribution >= 4 is 11.9 Å². The summed E-state index contributed by atoms with van der Waals surface area (Å²) in [6.45, 7) is 5.06. The molecule has 19 heavy (non-hydrogen) atoms. The molecular formula is C16H20N3+. The third kappa shape index (κ3) is 3.19. The van der Waals surface area contributed by atoms with Crippen LogP contribution in [-0.4, -0.2) is 12.8 Å². The molecule has 98 valence electrons. The van der Waals surface area contributed by atoms with Crippen LogP contribution in [-0.2, 0) is 7.05 Å². The summed E-state index contributed by atoms with van der Waals surface area (Å²) in [5.74, 6) is 0. The fourth-order valence-electron chi connectivity index (χ4n) is 1.97. The Morgan fingerprint density at radius 2 is 1.89 bits per heavy atom. The Labute approximate surface area is 114 Å². The van der Waals surface area contributed by atoms with Crippen molar-refractivity contribution in [1.82, 2.24) is 0 Å². The van der Waals surface area contributed by atoms with Gasteiger partial charge < -0.3 is 0 Å². The minimum absolute atomic E-state index is 0.845. The molecule has 0 radical (unpaired) electrons. The Hall–Kier alpha value is -2.16. The Balaban J connectivity index is 2.25. The fraction of sp³-hybridized carbons (Fsp3) is 0.250. The first-order valence-electron chi connectivity index (χ1n) is 6.54. The summed E-state index contributed by atoms with van der Waals surface area (Å²) >= 11 is 0. The van der Waals surface area contributed by atoms with Crippen molar-refractivity contribution in [3.63, 3.8) is 0 Å². The molecule has 0 atom stereocenters. The van der Waals surface area contributed by atoms with Gasteiger partial charge in [-0.25, -0.2) is 4.57 Å². The predicted octanol–water partition coefficient (Wildman–Crippen LogP) is 2.68. The number of anilines is 1. The van der Waals surface area contributed by atoms with Crippen LogP contribution in [0.4, 0.5) is 5.69 Å². The normalized spacial score (nSPS) is 10.9. The van der Waals surface area contributed by atoms with Gasteiger partial charge in [0.15, 0.2) is 6.20 Å². The molecule has 0 aliphatic rings. The summed E-state index contributed by atoms with van der Waals surface area (Å²) < 4.78 is 2.05. The first-order valence-corrected chi connectivity index (χ1v) is 6.54. The number of rotatable bonds is 4. The lowest BCUT2D eigenvalue weighted by molar-refractivity contribution is -0.672. The van der Waals surface area contributed by atoms with E-state index in [-0.39, 0.29) is 0 Å². The van der Waals surface area contributed by atoms with Crippen LogP contribution in [0.25, 0.3) is 0 Å². The molecule has 1 heterocycles. The van der Waals surface area contributed by atoms with Crippen LogP contribution in [0, 0.1) is 6.92 Å². The Morgan fingerprint density at radius 3 is 2.58 bits per heavy atom. The predicted molar refractivity (Wildman–Crippen MR) is 79.4 cm³/mol. The number of benzene rings is 1. The minimum Gasteiger partial charge on any atom is -0.265 e. The quantitative estimate of drug-likeness (QED) is 0.466. The molecule has 3 nitrogen and oxygen atoms in total. The van der Waals surface area contributed by atoms with Gasteiger partial charge in [0, 0.05) is 18.7 Å². The molecule has 0 saturated carbocycles. The number of para-hydroxylation sites is 1. The molecule has 0 amide bonds. The van der Waals surface area contributed by atoms with E-state index < -0.39 is 0 Å². The van der Waals surface area contributed by atoms with E-state index in [0.29, 0.717) is 0 Å². The van der Waals surface area contributed by atoms with Crippen LogP contribution < -0.4 is 9.58 Å². The maximum absolute atomic E-state index is 4.59. The van der Waals surface area contributed by atoms with Crippen molar-refractivity contribution in [3.05, 3.63) is 59.9 Å². The van der Waals surface area contributed by atoms with Crippen molar-refractivity contribution in [3.8, 4) is 0 Å². The zero-order valence-corrected chi connectivity index (χ0v) is 11.7.